The van der Waals surface area contributed by atoms with Crippen molar-refractivity contribution in [3.8, 4) is 0 Å². The molecule has 1 aliphatic rings. The van der Waals surface area contributed by atoms with Crippen molar-refractivity contribution < 1.29 is 0 Å². The first-order chi connectivity index (χ1) is 8.25. The van der Waals surface area contributed by atoms with Gasteiger partial charge in [0.2, 0.25) is 0 Å². The number of aromatic nitrogens is 2. The van der Waals surface area contributed by atoms with Crippen molar-refractivity contribution in [3.05, 3.63) is 47.2 Å². The first-order valence-corrected chi connectivity index (χ1v) is 6.10. The largest absolute Gasteiger partial charge is 0.370 e. The Morgan fingerprint density at radius 3 is 3.06 bits per heavy atom. The minimum absolute atomic E-state index is 0.375. The van der Waals surface area contributed by atoms with Crippen molar-refractivity contribution in [2.75, 3.05) is 11.9 Å². The molecule has 0 amide bonds. The van der Waals surface area contributed by atoms with Crippen molar-refractivity contribution >= 4 is 5.82 Å². The summed E-state index contributed by atoms with van der Waals surface area (Å²) in [6.45, 7) is 5.26. The van der Waals surface area contributed by atoms with Crippen molar-refractivity contribution in [2.24, 2.45) is 0 Å². The fourth-order valence-electron chi connectivity index (χ4n) is 2.54. The molecule has 2 aromatic rings. The maximum absolute atomic E-state index is 4.50. The topological polar surface area (TPSA) is 29.9 Å². The molecule has 0 radical (unpaired) electrons. The van der Waals surface area contributed by atoms with Crippen molar-refractivity contribution in [2.45, 2.75) is 26.3 Å². The van der Waals surface area contributed by atoms with Crippen LogP contribution in [0, 0.1) is 13.8 Å². The van der Waals surface area contributed by atoms with Crippen LogP contribution in [0.15, 0.2) is 30.5 Å². The third kappa shape index (κ3) is 1.71. The maximum atomic E-state index is 4.50. The van der Waals surface area contributed by atoms with Gasteiger partial charge in [0, 0.05) is 12.1 Å². The fourth-order valence-corrected chi connectivity index (χ4v) is 2.54. The Hall–Kier alpha value is -1.77. The number of benzene rings is 1. The first-order valence-electron chi connectivity index (χ1n) is 6.10. The highest BCUT2D eigenvalue weighted by molar-refractivity contribution is 5.46. The number of aryl methyl sites for hydroxylation is 2. The van der Waals surface area contributed by atoms with Gasteiger partial charge in [-0.05, 0) is 25.8 Å². The molecule has 0 aliphatic carbocycles. The molecule has 1 aromatic heterocycles. The number of hydrogen-bond acceptors (Lipinski definition) is 2. The summed E-state index contributed by atoms with van der Waals surface area (Å²) in [4.78, 5) is 0. The zero-order valence-corrected chi connectivity index (χ0v) is 10.3. The summed E-state index contributed by atoms with van der Waals surface area (Å²) in [5, 5.41) is 7.92. The Kier molecular flexibility index (Phi) is 2.39. The summed E-state index contributed by atoms with van der Waals surface area (Å²) in [6, 6.07) is 9.10. The number of fused-ring (bicyclic) bond motifs is 1. The van der Waals surface area contributed by atoms with Crippen LogP contribution in [0.2, 0.25) is 0 Å². The summed E-state index contributed by atoms with van der Waals surface area (Å²) in [7, 11) is 0. The smallest absolute Gasteiger partial charge is 0.127 e. The van der Waals surface area contributed by atoms with Crippen LogP contribution < -0.4 is 5.32 Å². The van der Waals surface area contributed by atoms with E-state index in [0.29, 0.717) is 6.04 Å². The predicted molar refractivity (Wildman–Crippen MR) is 69.4 cm³/mol. The van der Waals surface area contributed by atoms with Crippen LogP contribution in [0.5, 0.6) is 0 Å². The summed E-state index contributed by atoms with van der Waals surface area (Å²) < 4.78 is 2.12. The van der Waals surface area contributed by atoms with Gasteiger partial charge in [0.1, 0.15) is 5.82 Å². The van der Waals surface area contributed by atoms with E-state index in [4.69, 9.17) is 0 Å². The predicted octanol–water partition coefficient (Wildman–Crippen LogP) is 2.90. The van der Waals surface area contributed by atoms with Gasteiger partial charge in [-0.1, -0.05) is 29.8 Å². The van der Waals surface area contributed by atoms with Gasteiger partial charge in [-0.2, -0.15) is 5.10 Å². The Bertz CT molecular complexity index is 542. The summed E-state index contributed by atoms with van der Waals surface area (Å²) >= 11 is 0. The SMILES string of the molecule is Cc1cccc(C2CCNc3c(C)cnn32)c1. The quantitative estimate of drug-likeness (QED) is 0.811. The molecule has 1 N–H and O–H groups in total. The highest BCUT2D eigenvalue weighted by Crippen LogP contribution is 2.31. The number of hydrogen-bond donors (Lipinski definition) is 1. The first kappa shape index (κ1) is 10.4. The van der Waals surface area contributed by atoms with E-state index in [1.165, 1.54) is 22.5 Å². The molecule has 0 spiro atoms. The lowest BCUT2D eigenvalue weighted by atomic mass is 10.0. The normalized spacial score (nSPS) is 18.6. The Morgan fingerprint density at radius 1 is 1.35 bits per heavy atom. The molecule has 3 rings (SSSR count). The second-order valence-corrected chi connectivity index (χ2v) is 4.77. The van der Waals surface area contributed by atoms with Crippen molar-refractivity contribution in [1.29, 1.82) is 0 Å². The van der Waals surface area contributed by atoms with Gasteiger partial charge < -0.3 is 5.32 Å². The third-order valence-corrected chi connectivity index (χ3v) is 3.41. The van der Waals surface area contributed by atoms with Crippen LogP contribution in [0.1, 0.15) is 29.2 Å². The monoisotopic (exact) mass is 227 g/mol. The summed E-state index contributed by atoms with van der Waals surface area (Å²) in [5.74, 6) is 1.17. The average Bonchev–Trinajstić information content (AvgIpc) is 2.71. The van der Waals surface area contributed by atoms with Crippen molar-refractivity contribution in [1.82, 2.24) is 9.78 Å². The van der Waals surface area contributed by atoms with Crippen LogP contribution in [0.25, 0.3) is 0 Å². The summed E-state index contributed by atoms with van der Waals surface area (Å²) in [6.07, 6.45) is 3.04. The van der Waals surface area contributed by atoms with Crippen LogP contribution >= 0.6 is 0 Å². The van der Waals surface area contributed by atoms with E-state index in [9.17, 15) is 0 Å². The zero-order chi connectivity index (χ0) is 11.8. The van der Waals surface area contributed by atoms with E-state index in [0.717, 1.165) is 13.0 Å². The molecule has 0 bridgehead atoms. The number of nitrogens with one attached hydrogen (secondary N) is 1. The lowest BCUT2D eigenvalue weighted by Gasteiger charge is -2.26. The zero-order valence-electron chi connectivity index (χ0n) is 10.3. The van der Waals surface area contributed by atoms with E-state index in [1.54, 1.807) is 0 Å². The van der Waals surface area contributed by atoms with Crippen LogP contribution in [0.4, 0.5) is 5.82 Å². The molecule has 0 fully saturated rings. The maximum Gasteiger partial charge on any atom is 0.127 e. The lowest BCUT2D eigenvalue weighted by molar-refractivity contribution is 0.481. The summed E-state index contributed by atoms with van der Waals surface area (Å²) in [5.41, 5.74) is 3.89. The minimum Gasteiger partial charge on any atom is -0.370 e. The molecule has 0 saturated carbocycles. The fraction of sp³-hybridized carbons (Fsp3) is 0.357. The average molecular weight is 227 g/mol. The number of rotatable bonds is 1. The lowest BCUT2D eigenvalue weighted by Crippen LogP contribution is -2.24. The third-order valence-electron chi connectivity index (χ3n) is 3.41. The molecule has 1 aromatic carbocycles. The Labute approximate surface area is 101 Å². The van der Waals surface area contributed by atoms with Crippen molar-refractivity contribution in [3.63, 3.8) is 0 Å². The molecular weight excluding hydrogens is 210 g/mol. The van der Waals surface area contributed by atoms with E-state index in [-0.39, 0.29) is 0 Å². The van der Waals surface area contributed by atoms with Crippen LogP contribution in [0.3, 0.4) is 0 Å². The van der Waals surface area contributed by atoms with Gasteiger partial charge >= 0.3 is 0 Å². The van der Waals surface area contributed by atoms with Gasteiger partial charge in [0.25, 0.3) is 0 Å². The second-order valence-electron chi connectivity index (χ2n) is 4.77. The van der Waals surface area contributed by atoms with Gasteiger partial charge in [0.15, 0.2) is 0 Å². The Balaban J connectivity index is 2.06. The second kappa shape index (κ2) is 3.91. The van der Waals surface area contributed by atoms with Gasteiger partial charge in [-0.25, -0.2) is 4.68 Å². The van der Waals surface area contributed by atoms with E-state index >= 15 is 0 Å². The van der Waals surface area contributed by atoms with Crippen LogP contribution in [-0.2, 0) is 0 Å². The minimum atomic E-state index is 0.375. The van der Waals surface area contributed by atoms with Gasteiger partial charge in [-0.15, -0.1) is 0 Å². The molecule has 3 nitrogen and oxygen atoms in total. The molecule has 1 unspecified atom stereocenters. The molecule has 2 heterocycles. The number of nitrogens with zero attached hydrogens (tertiary/aromatic N) is 2. The molecular formula is C14H17N3. The van der Waals surface area contributed by atoms with Gasteiger partial charge in [0.05, 0.1) is 12.2 Å². The highest BCUT2D eigenvalue weighted by atomic mass is 15.4. The molecule has 3 heteroatoms. The highest BCUT2D eigenvalue weighted by Gasteiger charge is 2.22. The van der Waals surface area contributed by atoms with Crippen LogP contribution in [-0.4, -0.2) is 16.3 Å². The van der Waals surface area contributed by atoms with E-state index < -0.39 is 0 Å². The van der Waals surface area contributed by atoms with Gasteiger partial charge in [-0.3, -0.25) is 0 Å². The van der Waals surface area contributed by atoms with E-state index in [2.05, 4.69) is 53.2 Å². The molecule has 1 aliphatic heterocycles. The molecule has 17 heavy (non-hydrogen) atoms. The number of anilines is 1. The Morgan fingerprint density at radius 2 is 2.24 bits per heavy atom. The molecule has 0 saturated heterocycles. The molecule has 1 atom stereocenters. The standard InChI is InChI=1S/C14H17N3/c1-10-4-3-5-12(8-10)13-6-7-15-14-11(2)9-16-17(13)14/h3-5,8-9,13,15H,6-7H2,1-2H3. The van der Waals surface area contributed by atoms with E-state index in [1.807, 2.05) is 6.20 Å². The molecule has 88 valence electrons.